The molecular formula is C16H17N3O2. The minimum absolute atomic E-state index is 0.0156. The molecule has 2 aromatic rings. The first kappa shape index (κ1) is 13.4. The van der Waals surface area contributed by atoms with Crippen molar-refractivity contribution in [3.8, 4) is 11.6 Å². The topological polar surface area (TPSA) is 80.7 Å². The van der Waals surface area contributed by atoms with Gasteiger partial charge in [-0.15, -0.1) is 0 Å². The molecule has 3 N–H and O–H groups in total. The number of rotatable bonds is 3. The number of pyridine rings is 1. The molecule has 1 aliphatic rings. The third kappa shape index (κ3) is 2.81. The van der Waals surface area contributed by atoms with Crippen molar-refractivity contribution in [1.29, 1.82) is 0 Å². The molecule has 0 saturated carbocycles. The van der Waals surface area contributed by atoms with E-state index in [0.717, 1.165) is 36.9 Å². The van der Waals surface area contributed by atoms with Crippen molar-refractivity contribution in [2.75, 3.05) is 0 Å². The van der Waals surface area contributed by atoms with E-state index < -0.39 is 0 Å². The smallest absolute Gasteiger partial charge is 0.230 e. The molecule has 3 rings (SSSR count). The van der Waals surface area contributed by atoms with Crippen molar-refractivity contribution < 1.29 is 9.94 Å². The number of hydrogen-bond acceptors (Lipinski definition) is 4. The lowest BCUT2D eigenvalue weighted by molar-refractivity contribution is 0.318. The van der Waals surface area contributed by atoms with Crippen LogP contribution in [0.3, 0.4) is 0 Å². The molecule has 5 heteroatoms. The highest BCUT2D eigenvalue weighted by molar-refractivity contribution is 5.99. The summed E-state index contributed by atoms with van der Waals surface area (Å²) in [4.78, 5) is 4.58. The molecule has 0 bridgehead atoms. The molecule has 0 spiro atoms. The van der Waals surface area contributed by atoms with Crippen LogP contribution in [-0.4, -0.2) is 16.0 Å². The molecule has 0 fully saturated rings. The third-order valence-corrected chi connectivity index (χ3v) is 3.61. The second-order valence-corrected chi connectivity index (χ2v) is 5.05. The van der Waals surface area contributed by atoms with Crippen LogP contribution >= 0.6 is 0 Å². The summed E-state index contributed by atoms with van der Waals surface area (Å²) in [6.07, 6.45) is 4.19. The van der Waals surface area contributed by atoms with Crippen LogP contribution in [0.25, 0.3) is 0 Å². The first-order valence-corrected chi connectivity index (χ1v) is 7.01. The van der Waals surface area contributed by atoms with E-state index in [4.69, 9.17) is 15.7 Å². The Morgan fingerprint density at radius 1 is 1.19 bits per heavy atom. The number of aromatic nitrogens is 1. The quantitative estimate of drug-likeness (QED) is 0.393. The first-order chi connectivity index (χ1) is 10.3. The monoisotopic (exact) mass is 283 g/mol. The molecule has 1 aromatic heterocycles. The van der Waals surface area contributed by atoms with E-state index in [2.05, 4.69) is 10.1 Å². The van der Waals surface area contributed by atoms with Crippen LogP contribution in [0.1, 0.15) is 29.7 Å². The Kier molecular flexibility index (Phi) is 3.73. The zero-order chi connectivity index (χ0) is 14.7. The third-order valence-electron chi connectivity index (χ3n) is 3.61. The largest absolute Gasteiger partial charge is 0.438 e. The van der Waals surface area contributed by atoms with Crippen molar-refractivity contribution in [2.45, 2.75) is 25.7 Å². The van der Waals surface area contributed by atoms with E-state index in [0.29, 0.717) is 17.2 Å². The molecule has 1 aliphatic carbocycles. The van der Waals surface area contributed by atoms with E-state index in [-0.39, 0.29) is 5.84 Å². The number of nitrogens with zero attached hydrogens (tertiary/aromatic N) is 2. The Balaban J connectivity index is 2.04. The number of para-hydroxylation sites is 1. The normalized spacial score (nSPS) is 14.6. The van der Waals surface area contributed by atoms with Crippen LogP contribution in [0.4, 0.5) is 0 Å². The lowest BCUT2D eigenvalue weighted by Gasteiger charge is -2.18. The number of benzene rings is 1. The van der Waals surface area contributed by atoms with Gasteiger partial charge in [-0.25, -0.2) is 4.98 Å². The van der Waals surface area contributed by atoms with Gasteiger partial charge in [0.2, 0.25) is 5.88 Å². The fraction of sp³-hybridized carbons (Fsp3) is 0.250. The molecule has 1 heterocycles. The molecule has 108 valence electrons. The maximum absolute atomic E-state index is 8.96. The van der Waals surface area contributed by atoms with Gasteiger partial charge in [0.25, 0.3) is 0 Å². The zero-order valence-electron chi connectivity index (χ0n) is 11.6. The Morgan fingerprint density at radius 3 is 2.71 bits per heavy atom. The summed E-state index contributed by atoms with van der Waals surface area (Å²) in [7, 11) is 0. The van der Waals surface area contributed by atoms with E-state index in [1.807, 2.05) is 36.4 Å². The molecule has 0 radical (unpaired) electrons. The van der Waals surface area contributed by atoms with Gasteiger partial charge < -0.3 is 15.7 Å². The number of ether oxygens (including phenoxy) is 1. The lowest BCUT2D eigenvalue weighted by atomic mass is 9.95. The summed E-state index contributed by atoms with van der Waals surface area (Å²) in [6.45, 7) is 0. The predicted octanol–water partition coefficient (Wildman–Crippen LogP) is 2.85. The maximum Gasteiger partial charge on any atom is 0.230 e. The summed E-state index contributed by atoms with van der Waals surface area (Å²) >= 11 is 0. The molecule has 21 heavy (non-hydrogen) atoms. The average Bonchev–Trinajstić information content (AvgIpc) is 2.54. The van der Waals surface area contributed by atoms with Gasteiger partial charge in [-0.05, 0) is 49.4 Å². The van der Waals surface area contributed by atoms with Crippen LogP contribution in [0, 0.1) is 0 Å². The molecule has 5 nitrogen and oxygen atoms in total. The fourth-order valence-corrected chi connectivity index (χ4v) is 2.53. The van der Waals surface area contributed by atoms with E-state index >= 15 is 0 Å². The number of hydrogen-bond donors (Lipinski definition) is 2. The van der Waals surface area contributed by atoms with Crippen molar-refractivity contribution in [3.63, 3.8) is 0 Å². The molecule has 0 saturated heterocycles. The number of nitrogens with two attached hydrogens (primary N) is 1. The first-order valence-electron chi connectivity index (χ1n) is 7.01. The van der Waals surface area contributed by atoms with Crippen LogP contribution < -0.4 is 10.5 Å². The predicted molar refractivity (Wildman–Crippen MR) is 79.9 cm³/mol. The van der Waals surface area contributed by atoms with Crippen molar-refractivity contribution in [2.24, 2.45) is 10.9 Å². The minimum atomic E-state index is 0.0156. The Labute approximate surface area is 123 Å². The summed E-state index contributed by atoms with van der Waals surface area (Å²) < 4.78 is 5.82. The van der Waals surface area contributed by atoms with Crippen LogP contribution in [0.2, 0.25) is 0 Å². The summed E-state index contributed by atoms with van der Waals surface area (Å²) in [5.41, 5.74) is 8.49. The van der Waals surface area contributed by atoms with E-state index in [1.54, 1.807) is 0 Å². The SMILES string of the molecule is NC(=NO)c1cc2c(nc1Oc1ccccc1)CCCC2. The second-order valence-electron chi connectivity index (χ2n) is 5.05. The van der Waals surface area contributed by atoms with Crippen LogP contribution in [0.5, 0.6) is 11.6 Å². The Hall–Kier alpha value is -2.56. The van der Waals surface area contributed by atoms with Gasteiger partial charge in [-0.3, -0.25) is 0 Å². The average molecular weight is 283 g/mol. The van der Waals surface area contributed by atoms with Crippen molar-refractivity contribution in [3.05, 3.63) is 53.2 Å². The maximum atomic E-state index is 8.96. The fourth-order valence-electron chi connectivity index (χ4n) is 2.53. The molecule has 1 aromatic carbocycles. The Morgan fingerprint density at radius 2 is 1.95 bits per heavy atom. The van der Waals surface area contributed by atoms with Gasteiger partial charge >= 0.3 is 0 Å². The van der Waals surface area contributed by atoms with E-state index in [1.165, 1.54) is 0 Å². The second kappa shape index (κ2) is 5.83. The number of fused-ring (bicyclic) bond motifs is 1. The standard InChI is InChI=1S/C16H17N3O2/c17-15(19-20)13-10-11-6-4-5-9-14(11)18-16(13)21-12-7-2-1-3-8-12/h1-3,7-8,10,20H,4-6,9H2,(H2,17,19). The number of aryl methyl sites for hydroxylation is 2. The van der Waals surface area contributed by atoms with Crippen LogP contribution in [0.15, 0.2) is 41.6 Å². The molecule has 0 atom stereocenters. The van der Waals surface area contributed by atoms with E-state index in [9.17, 15) is 0 Å². The summed E-state index contributed by atoms with van der Waals surface area (Å²) in [6, 6.07) is 11.3. The van der Waals surface area contributed by atoms with Gasteiger partial charge in [0.15, 0.2) is 5.84 Å². The summed E-state index contributed by atoms with van der Waals surface area (Å²) in [5.74, 6) is 1.08. The van der Waals surface area contributed by atoms with Gasteiger partial charge in [0.05, 0.1) is 5.56 Å². The molecular weight excluding hydrogens is 266 g/mol. The highest BCUT2D eigenvalue weighted by Crippen LogP contribution is 2.29. The molecule has 0 unspecified atom stereocenters. The highest BCUT2D eigenvalue weighted by atomic mass is 16.5. The zero-order valence-corrected chi connectivity index (χ0v) is 11.6. The van der Waals surface area contributed by atoms with Gasteiger partial charge in [0, 0.05) is 5.69 Å². The minimum Gasteiger partial charge on any atom is -0.438 e. The lowest BCUT2D eigenvalue weighted by Crippen LogP contribution is -2.17. The summed E-state index contributed by atoms with van der Waals surface area (Å²) in [5, 5.41) is 12.0. The van der Waals surface area contributed by atoms with Crippen LogP contribution in [-0.2, 0) is 12.8 Å². The molecule has 0 amide bonds. The number of oxime groups is 1. The Bertz CT molecular complexity index is 669. The highest BCUT2D eigenvalue weighted by Gasteiger charge is 2.18. The van der Waals surface area contributed by atoms with Gasteiger partial charge in [-0.1, -0.05) is 23.4 Å². The molecule has 0 aliphatic heterocycles. The van der Waals surface area contributed by atoms with Gasteiger partial charge in [-0.2, -0.15) is 0 Å². The van der Waals surface area contributed by atoms with Crippen molar-refractivity contribution >= 4 is 5.84 Å². The van der Waals surface area contributed by atoms with Crippen molar-refractivity contribution in [1.82, 2.24) is 4.98 Å². The van der Waals surface area contributed by atoms with Gasteiger partial charge in [0.1, 0.15) is 5.75 Å². The number of amidine groups is 1.